The first-order valence-corrected chi connectivity index (χ1v) is 8.55. The third-order valence-corrected chi connectivity index (χ3v) is 5.12. The number of sulfonamides is 1. The monoisotopic (exact) mass is 324 g/mol. The number of benzene rings is 1. The lowest BCUT2D eigenvalue weighted by molar-refractivity contribution is 0.401. The van der Waals surface area contributed by atoms with Crippen LogP contribution in [0.25, 0.3) is 0 Å². The van der Waals surface area contributed by atoms with Crippen molar-refractivity contribution in [2.45, 2.75) is 13.1 Å². The van der Waals surface area contributed by atoms with Crippen molar-refractivity contribution in [1.82, 2.24) is 14.3 Å². The molecule has 0 saturated carbocycles. The van der Waals surface area contributed by atoms with E-state index < -0.39 is 16.0 Å². The Hall–Kier alpha value is -1.93. The van der Waals surface area contributed by atoms with Gasteiger partial charge >= 0.3 is 0 Å². The number of anilines is 1. The maximum absolute atomic E-state index is 12.8. The highest BCUT2D eigenvalue weighted by Crippen LogP contribution is 2.27. The van der Waals surface area contributed by atoms with Crippen molar-refractivity contribution >= 4 is 15.7 Å². The maximum Gasteiger partial charge on any atom is 0.243 e. The number of hydrogen-bond donors (Lipinski definition) is 1. The van der Waals surface area contributed by atoms with E-state index in [1.165, 1.54) is 4.31 Å². The molecule has 2 heterocycles. The Morgan fingerprint density at radius 2 is 2.09 bits per heavy atom. The van der Waals surface area contributed by atoms with Gasteiger partial charge in [-0.15, -0.1) is 0 Å². The minimum Gasteiger partial charge on any atom is -0.364 e. The summed E-state index contributed by atoms with van der Waals surface area (Å²) in [6, 6.07) is 6.24. The molecule has 0 amide bonds. The van der Waals surface area contributed by atoms with Gasteiger partial charge < -0.3 is 9.88 Å². The minimum absolute atomic E-state index is 0.196. The van der Waals surface area contributed by atoms with Gasteiger partial charge in [0.1, 0.15) is 0 Å². The molecule has 1 aromatic heterocycles. The van der Waals surface area contributed by atoms with Gasteiger partial charge in [0.2, 0.25) is 16.0 Å². The van der Waals surface area contributed by atoms with Crippen LogP contribution in [-0.2, 0) is 23.1 Å². The molecule has 118 valence electrons. The number of rotatable bonds is 4. The Morgan fingerprint density at radius 3 is 2.82 bits per heavy atom. The lowest BCUT2D eigenvalue weighted by Crippen LogP contribution is -2.35. The molecule has 0 aliphatic carbocycles. The molecule has 2 aromatic rings. The Balaban J connectivity index is 1.92. The predicted octanol–water partition coefficient (Wildman–Crippen LogP) is 1.49. The molecule has 8 heteroatoms. The molecule has 0 atom stereocenters. The molecule has 3 rings (SSSR count). The molecule has 0 spiro atoms. The number of para-hydroxylation sites is 1. The molecular weight excluding hydrogens is 307 g/mol. The lowest BCUT2D eigenvalue weighted by Gasteiger charge is -2.24. The van der Waals surface area contributed by atoms with Crippen molar-refractivity contribution in [3.63, 3.8) is 0 Å². The summed E-state index contributed by atoms with van der Waals surface area (Å²) in [6.07, 6.45) is 3.35. The maximum atomic E-state index is 12.8. The van der Waals surface area contributed by atoms with Crippen LogP contribution in [0, 0.1) is 0 Å². The van der Waals surface area contributed by atoms with Gasteiger partial charge in [-0.05, 0) is 11.6 Å². The number of halogens is 1. The summed E-state index contributed by atoms with van der Waals surface area (Å²) in [7, 11) is -3.85. The second kappa shape index (κ2) is 6.05. The molecule has 1 aliphatic heterocycles. The number of alkyl halides is 1. The number of nitrogens with zero attached hydrogens (tertiary/aromatic N) is 3. The molecule has 22 heavy (non-hydrogen) atoms. The van der Waals surface area contributed by atoms with Crippen molar-refractivity contribution in [2.75, 3.05) is 24.0 Å². The highest BCUT2D eigenvalue weighted by Gasteiger charge is 2.27. The molecule has 0 bridgehead atoms. The van der Waals surface area contributed by atoms with E-state index in [0.29, 0.717) is 13.1 Å². The van der Waals surface area contributed by atoms with Crippen molar-refractivity contribution in [3.05, 3.63) is 48.0 Å². The van der Waals surface area contributed by atoms with Crippen LogP contribution in [0.4, 0.5) is 10.1 Å². The summed E-state index contributed by atoms with van der Waals surface area (Å²) in [5.74, 6) is 0. The first kappa shape index (κ1) is 15.0. The Morgan fingerprint density at radius 1 is 1.27 bits per heavy atom. The minimum atomic E-state index is -3.85. The fraction of sp³-hybridized carbons (Fsp3) is 0.357. The van der Waals surface area contributed by atoms with Gasteiger partial charge in [0.05, 0.1) is 18.6 Å². The van der Waals surface area contributed by atoms with Crippen LogP contribution in [0.3, 0.4) is 0 Å². The van der Waals surface area contributed by atoms with Gasteiger partial charge in [0.25, 0.3) is 0 Å². The first-order chi connectivity index (χ1) is 10.6. The fourth-order valence-corrected chi connectivity index (χ4v) is 3.46. The van der Waals surface area contributed by atoms with E-state index in [-0.39, 0.29) is 13.1 Å². The van der Waals surface area contributed by atoms with E-state index in [4.69, 9.17) is 0 Å². The molecule has 1 N–H and O–H groups in total. The second-order valence-corrected chi connectivity index (χ2v) is 7.08. The molecular formula is C14H17FN4O2S. The van der Waals surface area contributed by atoms with Gasteiger partial charge in [-0.3, -0.25) is 0 Å². The van der Waals surface area contributed by atoms with Crippen molar-refractivity contribution < 1.29 is 12.8 Å². The zero-order valence-corrected chi connectivity index (χ0v) is 12.8. The van der Waals surface area contributed by atoms with Gasteiger partial charge in [-0.1, -0.05) is 18.2 Å². The highest BCUT2D eigenvalue weighted by atomic mass is 32.2. The van der Waals surface area contributed by atoms with E-state index >= 15 is 0 Å². The van der Waals surface area contributed by atoms with Gasteiger partial charge in [0, 0.05) is 31.5 Å². The number of fused-ring (bicyclic) bond motifs is 1. The summed E-state index contributed by atoms with van der Waals surface area (Å²) >= 11 is 0. The number of hydrogen-bond acceptors (Lipinski definition) is 4. The summed E-state index contributed by atoms with van der Waals surface area (Å²) in [5, 5.41) is 0. The van der Waals surface area contributed by atoms with Gasteiger partial charge in [-0.2, -0.15) is 4.31 Å². The molecule has 0 saturated heterocycles. The van der Waals surface area contributed by atoms with Crippen LogP contribution in [0.1, 0.15) is 11.3 Å². The van der Waals surface area contributed by atoms with Crippen molar-refractivity contribution in [3.8, 4) is 0 Å². The number of H-pyrrole nitrogens is 1. The van der Waals surface area contributed by atoms with E-state index in [1.807, 2.05) is 24.3 Å². The van der Waals surface area contributed by atoms with E-state index in [9.17, 15) is 12.8 Å². The normalized spacial score (nSPS) is 16.3. The third-order valence-electron chi connectivity index (χ3n) is 3.75. The van der Waals surface area contributed by atoms with Crippen LogP contribution in [0.5, 0.6) is 0 Å². The van der Waals surface area contributed by atoms with Crippen LogP contribution in [0.15, 0.2) is 36.8 Å². The Kier molecular flexibility index (Phi) is 4.12. The van der Waals surface area contributed by atoms with Crippen molar-refractivity contribution in [1.29, 1.82) is 0 Å². The molecule has 0 unspecified atom stereocenters. The van der Waals surface area contributed by atoms with E-state index in [2.05, 4.69) is 14.9 Å². The molecule has 1 aromatic carbocycles. The second-order valence-electron chi connectivity index (χ2n) is 5.18. The average molecular weight is 324 g/mol. The summed E-state index contributed by atoms with van der Waals surface area (Å²) < 4.78 is 37.7. The van der Waals surface area contributed by atoms with Gasteiger partial charge in [-0.25, -0.2) is 17.8 Å². The zero-order valence-electron chi connectivity index (χ0n) is 11.9. The zero-order chi connectivity index (χ0) is 15.6. The third kappa shape index (κ3) is 2.97. The first-order valence-electron chi connectivity index (χ1n) is 6.94. The number of aromatic nitrogens is 2. The van der Waals surface area contributed by atoms with Gasteiger partial charge in [0.15, 0.2) is 0 Å². The van der Waals surface area contributed by atoms with Crippen LogP contribution >= 0.6 is 0 Å². The van der Waals surface area contributed by atoms with E-state index in [0.717, 1.165) is 16.9 Å². The molecule has 0 fully saturated rings. The quantitative estimate of drug-likeness (QED) is 0.925. The Bertz CT molecular complexity index is 733. The summed E-state index contributed by atoms with van der Waals surface area (Å²) in [4.78, 5) is 9.12. The largest absolute Gasteiger partial charge is 0.364 e. The average Bonchev–Trinajstić information content (AvgIpc) is 2.96. The standard InChI is InChI=1S/C14H17FN4O2S/c15-10-22(20,21)19-6-5-18(9-13-7-16-11-17-13)14-4-2-1-3-12(14)8-19/h1-4,7,11H,5-6,8-10H2,(H,16,17). The molecule has 0 radical (unpaired) electrons. The van der Waals surface area contributed by atoms with Crippen LogP contribution in [0.2, 0.25) is 0 Å². The molecule has 1 aliphatic rings. The predicted molar refractivity (Wildman–Crippen MR) is 81.4 cm³/mol. The number of aromatic amines is 1. The lowest BCUT2D eigenvalue weighted by atomic mass is 10.1. The smallest absolute Gasteiger partial charge is 0.243 e. The van der Waals surface area contributed by atoms with Crippen LogP contribution in [-0.4, -0.2) is 41.8 Å². The topological polar surface area (TPSA) is 69.3 Å². The fourth-order valence-electron chi connectivity index (χ4n) is 2.62. The highest BCUT2D eigenvalue weighted by molar-refractivity contribution is 7.88. The Labute approximate surface area is 128 Å². The van der Waals surface area contributed by atoms with Crippen molar-refractivity contribution in [2.24, 2.45) is 0 Å². The van der Waals surface area contributed by atoms with Crippen LogP contribution < -0.4 is 4.90 Å². The summed E-state index contributed by atoms with van der Waals surface area (Å²) in [6.45, 7) is 1.55. The molecule has 6 nitrogen and oxygen atoms in total. The SMILES string of the molecule is O=S(=O)(CF)N1CCN(Cc2cnc[nH]2)c2ccccc2C1. The number of nitrogens with one attached hydrogen (secondary N) is 1. The number of imidazole rings is 1. The summed E-state index contributed by atoms with van der Waals surface area (Å²) in [5.41, 5.74) is 2.78. The van der Waals surface area contributed by atoms with E-state index in [1.54, 1.807) is 12.5 Å².